The monoisotopic (exact) mass is 223 g/mol. The van der Waals surface area contributed by atoms with Crippen molar-refractivity contribution in [3.8, 4) is 0 Å². The molecule has 0 N–H and O–H groups in total. The van der Waals surface area contributed by atoms with Crippen LogP contribution >= 0.6 is 18.4 Å². The van der Waals surface area contributed by atoms with E-state index in [2.05, 4.69) is 0 Å². The molecular weight excluding hydrogens is 225 g/mol. The fourth-order valence-corrected chi connectivity index (χ4v) is 0. The fraction of sp³-hybridized carbons (Fsp3) is 0. The van der Waals surface area contributed by atoms with E-state index >= 15 is 0 Å². The van der Waals surface area contributed by atoms with Crippen LogP contribution in [0.1, 0.15) is 0 Å². The molecule has 5 heteroatoms. The van der Waals surface area contributed by atoms with Crippen molar-refractivity contribution in [2.75, 3.05) is 0 Å². The van der Waals surface area contributed by atoms with E-state index in [1.54, 1.807) is 0 Å². The maximum absolute atomic E-state index is 4.79. The Balaban J connectivity index is -0.0000000200. The number of halogens is 2. The molecule has 0 radical (unpaired) electrons. The quantitative estimate of drug-likeness (QED) is 0.364. The zero-order chi connectivity index (χ0) is 2.71. The Morgan fingerprint density at radius 1 is 1.00 bits per heavy atom. The molecule has 0 amide bonds. The van der Waals surface area contributed by atoms with Gasteiger partial charge in [0.05, 0.1) is 0 Å². The van der Waals surface area contributed by atoms with Crippen LogP contribution in [0.4, 0.5) is 0 Å². The molecule has 0 aromatic rings. The van der Waals surface area contributed by atoms with Crippen LogP contribution < -0.4 is 59.1 Å². The van der Waals surface area contributed by atoms with Gasteiger partial charge in [0.2, 0.25) is 0 Å². The van der Waals surface area contributed by atoms with Crippen LogP contribution in [0.25, 0.3) is 0 Å². The molecule has 0 aliphatic carbocycles. The van der Waals surface area contributed by atoms with E-state index < -0.39 is 0 Å². The normalized spacial score (nSPS) is 4.40. The molecule has 0 bridgehead atoms. The molecule has 0 aliphatic rings. The van der Waals surface area contributed by atoms with Gasteiger partial charge in [0, 0.05) is 0 Å². The van der Waals surface area contributed by atoms with E-state index in [0.717, 1.165) is 0 Å². The summed E-state index contributed by atoms with van der Waals surface area (Å²) >= 11 is 0.0144. The third-order valence-electron chi connectivity index (χ3n) is 0. The standard InChI is InChI=1S/Ag.2ClH.2Na/h;2*1H;;/q;;;2*+1/p-2. The van der Waals surface area contributed by atoms with Gasteiger partial charge in [-0.2, -0.15) is 0 Å². The second kappa shape index (κ2) is 15.7. The largest absolute Gasteiger partial charge is 1.00 e. The van der Waals surface area contributed by atoms with Crippen LogP contribution in [0.3, 0.4) is 0 Å². The van der Waals surface area contributed by atoms with Gasteiger partial charge in [-0.1, -0.05) is 0 Å². The Morgan fingerprint density at radius 3 is 1.00 bits per heavy atom. The van der Waals surface area contributed by atoms with Crippen LogP contribution in [0.2, 0.25) is 0 Å². The van der Waals surface area contributed by atoms with E-state index in [1.165, 1.54) is 0 Å². The van der Waals surface area contributed by atoms with Crippen LogP contribution in [-0.4, -0.2) is 0 Å². The second-order valence-electron chi connectivity index (χ2n) is 0.0431. The number of rotatable bonds is 0. The summed E-state index contributed by atoms with van der Waals surface area (Å²) in [5.74, 6) is 0. The minimum absolute atomic E-state index is 0. The van der Waals surface area contributed by atoms with Crippen molar-refractivity contribution in [3.63, 3.8) is 0 Å². The van der Waals surface area contributed by atoms with Gasteiger partial charge in [0.15, 0.2) is 0 Å². The minimum Gasteiger partial charge on any atom is 1.00 e. The molecule has 5 heavy (non-hydrogen) atoms. The smallest absolute Gasteiger partial charge is 1.00 e. The van der Waals surface area contributed by atoms with E-state index in [1.807, 2.05) is 0 Å². The van der Waals surface area contributed by atoms with Gasteiger partial charge >= 0.3 is 95.1 Å². The third kappa shape index (κ3) is 18.8. The van der Waals surface area contributed by atoms with Gasteiger partial charge in [-0.3, -0.25) is 0 Å². The first-order valence-corrected chi connectivity index (χ1v) is 4.05. The summed E-state index contributed by atoms with van der Waals surface area (Å²) < 4.78 is 0. The van der Waals surface area contributed by atoms with E-state index in [4.69, 9.17) is 18.4 Å². The molecule has 0 saturated carbocycles. The molecule has 0 aliphatic heterocycles. The number of hydrogen-bond donors (Lipinski definition) is 0. The molecule has 0 saturated heterocycles. The van der Waals surface area contributed by atoms with Crippen LogP contribution in [0.15, 0.2) is 0 Å². The Kier molecular flexibility index (Phi) is 49.4. The average molecular weight is 225 g/mol. The molecule has 0 nitrogen and oxygen atoms in total. The fourth-order valence-electron chi connectivity index (χ4n) is 0. The molecule has 27 valence electrons. The molecule has 0 unspecified atom stereocenters. The summed E-state index contributed by atoms with van der Waals surface area (Å²) in [4.78, 5) is 0. The molecule has 0 heterocycles. The zero-order valence-corrected chi connectivity index (χ0v) is 10.1. The van der Waals surface area contributed by atoms with Gasteiger partial charge in [0.1, 0.15) is 0 Å². The third-order valence-corrected chi connectivity index (χ3v) is 0. The van der Waals surface area contributed by atoms with Gasteiger partial charge in [-0.05, 0) is 0 Å². The summed E-state index contributed by atoms with van der Waals surface area (Å²) in [5, 5.41) is 0. The SMILES string of the molecule is [Cl][Ag-2][Cl].[Na+].[Na+]. The van der Waals surface area contributed by atoms with Crippen LogP contribution in [0.5, 0.6) is 0 Å². The first-order chi connectivity index (χ1) is 1.41. The summed E-state index contributed by atoms with van der Waals surface area (Å²) in [7, 11) is 9.59. The molecular formula is AgCl2Na2. The van der Waals surface area contributed by atoms with Gasteiger partial charge < -0.3 is 0 Å². The predicted octanol–water partition coefficient (Wildman–Crippen LogP) is -4.62. The van der Waals surface area contributed by atoms with Crippen LogP contribution in [0, 0.1) is 0 Å². The minimum atomic E-state index is 0. The Labute approximate surface area is 92.9 Å². The first kappa shape index (κ1) is 15.8. The maximum Gasteiger partial charge on any atom is 1.00 e. The molecule has 0 atom stereocenters. The van der Waals surface area contributed by atoms with Crippen molar-refractivity contribution in [1.29, 1.82) is 0 Å². The van der Waals surface area contributed by atoms with Crippen molar-refractivity contribution in [3.05, 3.63) is 0 Å². The van der Waals surface area contributed by atoms with Gasteiger partial charge in [-0.25, -0.2) is 0 Å². The van der Waals surface area contributed by atoms with Crippen molar-refractivity contribution in [2.24, 2.45) is 0 Å². The summed E-state index contributed by atoms with van der Waals surface area (Å²) in [6, 6.07) is 0. The molecule has 0 aromatic heterocycles. The topological polar surface area (TPSA) is 0 Å². The van der Waals surface area contributed by atoms with Crippen LogP contribution in [-0.2, 0) is 17.6 Å². The second-order valence-corrected chi connectivity index (χ2v) is 2.29. The van der Waals surface area contributed by atoms with E-state index in [0.29, 0.717) is 0 Å². The van der Waals surface area contributed by atoms with Crippen molar-refractivity contribution < 1.29 is 76.7 Å². The van der Waals surface area contributed by atoms with E-state index in [9.17, 15) is 0 Å². The number of hydrogen-bond acceptors (Lipinski definition) is 0. The van der Waals surface area contributed by atoms with Crippen molar-refractivity contribution in [2.45, 2.75) is 0 Å². The molecule has 0 rings (SSSR count). The Hall–Kier alpha value is 3.32. The first-order valence-electron chi connectivity index (χ1n) is 0.228. The summed E-state index contributed by atoms with van der Waals surface area (Å²) in [5.41, 5.74) is 0. The van der Waals surface area contributed by atoms with Gasteiger partial charge in [-0.15, -0.1) is 0 Å². The van der Waals surface area contributed by atoms with Crippen molar-refractivity contribution >= 4 is 18.4 Å². The predicted molar refractivity (Wildman–Crippen MR) is 11.7 cm³/mol. The van der Waals surface area contributed by atoms with E-state index in [-0.39, 0.29) is 76.7 Å². The molecule has 0 aromatic carbocycles. The maximum atomic E-state index is 4.79. The molecule has 0 spiro atoms. The Bertz CT molecular complexity index is 7.61. The van der Waals surface area contributed by atoms with Gasteiger partial charge in [0.25, 0.3) is 0 Å². The zero-order valence-electron chi connectivity index (χ0n) is 3.06. The van der Waals surface area contributed by atoms with Crippen molar-refractivity contribution in [1.82, 2.24) is 0 Å². The summed E-state index contributed by atoms with van der Waals surface area (Å²) in [6.07, 6.45) is 0. The Morgan fingerprint density at radius 2 is 1.00 bits per heavy atom. The summed E-state index contributed by atoms with van der Waals surface area (Å²) in [6.45, 7) is 0. The average Bonchev–Trinajstić information content (AvgIpc) is 0.918. The molecule has 0 fully saturated rings.